The molecule has 114 valence electrons. The van der Waals surface area contributed by atoms with Crippen molar-refractivity contribution in [2.24, 2.45) is 0 Å². The van der Waals surface area contributed by atoms with Crippen molar-refractivity contribution in [1.29, 1.82) is 0 Å². The molecule has 0 fully saturated rings. The molecule has 0 spiro atoms. The summed E-state index contributed by atoms with van der Waals surface area (Å²) in [5, 5.41) is 13.7. The van der Waals surface area contributed by atoms with Gasteiger partial charge in [-0.05, 0) is 24.3 Å². The van der Waals surface area contributed by atoms with Crippen LogP contribution in [0.5, 0.6) is 5.88 Å². The number of hydrogen-bond donors (Lipinski definition) is 1. The molecule has 1 N–H and O–H groups in total. The summed E-state index contributed by atoms with van der Waals surface area (Å²) in [5.74, 6) is -0.934. The molecular formula is C17H11FN2O3. The second-order valence-electron chi connectivity index (χ2n) is 5.16. The molecule has 0 atom stereocenters. The molecule has 4 rings (SSSR count). The number of halogens is 1. The molecule has 0 unspecified atom stereocenters. The maximum atomic E-state index is 13.9. The van der Waals surface area contributed by atoms with Crippen LogP contribution in [0.25, 0.3) is 16.9 Å². The number of ether oxygens (including phenoxy) is 1. The van der Waals surface area contributed by atoms with Crippen LogP contribution in [-0.2, 0) is 6.61 Å². The normalized spacial score (nSPS) is 12.2. The van der Waals surface area contributed by atoms with Crippen molar-refractivity contribution in [3.8, 4) is 22.8 Å². The molecule has 0 aliphatic carbocycles. The predicted molar refractivity (Wildman–Crippen MR) is 80.2 cm³/mol. The SMILES string of the molecule is O=C(O)c1cccc2c1COc1cc(-c3ccccc3F)nn1-2. The fourth-order valence-corrected chi connectivity index (χ4v) is 2.71. The van der Waals surface area contributed by atoms with Crippen LogP contribution in [0, 0.1) is 5.82 Å². The van der Waals surface area contributed by atoms with E-state index in [0.29, 0.717) is 28.4 Å². The van der Waals surface area contributed by atoms with Gasteiger partial charge in [0.05, 0.1) is 16.9 Å². The highest BCUT2D eigenvalue weighted by atomic mass is 19.1. The zero-order valence-electron chi connectivity index (χ0n) is 11.9. The average Bonchev–Trinajstić information content (AvgIpc) is 2.98. The quantitative estimate of drug-likeness (QED) is 0.789. The maximum Gasteiger partial charge on any atom is 0.336 e. The van der Waals surface area contributed by atoms with Crippen molar-refractivity contribution in [3.63, 3.8) is 0 Å². The number of rotatable bonds is 2. The van der Waals surface area contributed by atoms with E-state index >= 15 is 0 Å². The van der Waals surface area contributed by atoms with Crippen LogP contribution >= 0.6 is 0 Å². The average molecular weight is 310 g/mol. The van der Waals surface area contributed by atoms with Gasteiger partial charge >= 0.3 is 5.97 Å². The Hall–Kier alpha value is -3.15. The molecule has 0 saturated carbocycles. The topological polar surface area (TPSA) is 64.3 Å². The van der Waals surface area contributed by atoms with Crippen molar-refractivity contribution < 1.29 is 19.0 Å². The molecule has 6 heteroatoms. The first-order valence-corrected chi connectivity index (χ1v) is 6.98. The number of nitrogens with zero attached hydrogens (tertiary/aromatic N) is 2. The molecule has 1 aromatic heterocycles. The Morgan fingerprint density at radius 1 is 1.22 bits per heavy atom. The van der Waals surface area contributed by atoms with Gasteiger partial charge in [0, 0.05) is 17.2 Å². The number of carbonyl (C=O) groups is 1. The van der Waals surface area contributed by atoms with Crippen molar-refractivity contribution >= 4 is 5.97 Å². The van der Waals surface area contributed by atoms with Crippen LogP contribution in [-0.4, -0.2) is 20.9 Å². The van der Waals surface area contributed by atoms with Gasteiger partial charge in [-0.3, -0.25) is 0 Å². The van der Waals surface area contributed by atoms with Gasteiger partial charge in [0.25, 0.3) is 0 Å². The van der Waals surface area contributed by atoms with E-state index in [0.717, 1.165) is 0 Å². The highest BCUT2D eigenvalue weighted by molar-refractivity contribution is 5.90. The van der Waals surface area contributed by atoms with Gasteiger partial charge in [-0.2, -0.15) is 5.10 Å². The molecule has 1 aliphatic heterocycles. The molecule has 2 aromatic carbocycles. The first kappa shape index (κ1) is 13.5. The van der Waals surface area contributed by atoms with E-state index in [-0.39, 0.29) is 18.0 Å². The van der Waals surface area contributed by atoms with Gasteiger partial charge in [-0.1, -0.05) is 18.2 Å². The Kier molecular flexibility index (Phi) is 2.90. The van der Waals surface area contributed by atoms with Crippen molar-refractivity contribution in [2.75, 3.05) is 0 Å². The summed E-state index contributed by atoms with van der Waals surface area (Å²) < 4.78 is 21.0. The summed E-state index contributed by atoms with van der Waals surface area (Å²) in [5.41, 5.74) is 2.17. The van der Waals surface area contributed by atoms with Crippen LogP contribution in [0.4, 0.5) is 4.39 Å². The molecule has 0 saturated heterocycles. The summed E-state index contributed by atoms with van der Waals surface area (Å²) in [6.45, 7) is 0.139. The molecule has 1 aliphatic rings. The van der Waals surface area contributed by atoms with Gasteiger partial charge in [0.2, 0.25) is 5.88 Å². The van der Waals surface area contributed by atoms with Crippen LogP contribution in [0.2, 0.25) is 0 Å². The third kappa shape index (κ3) is 2.07. The number of aromatic nitrogens is 2. The highest BCUT2D eigenvalue weighted by Crippen LogP contribution is 2.33. The lowest BCUT2D eigenvalue weighted by atomic mass is 10.1. The van der Waals surface area contributed by atoms with Crippen molar-refractivity contribution in [1.82, 2.24) is 9.78 Å². The maximum absolute atomic E-state index is 13.9. The summed E-state index contributed by atoms with van der Waals surface area (Å²) in [6.07, 6.45) is 0. The number of aromatic carboxylic acids is 1. The van der Waals surface area contributed by atoms with E-state index < -0.39 is 5.97 Å². The largest absolute Gasteiger partial charge is 0.478 e. The lowest BCUT2D eigenvalue weighted by molar-refractivity contribution is 0.0693. The third-order valence-electron chi connectivity index (χ3n) is 3.80. The third-order valence-corrected chi connectivity index (χ3v) is 3.80. The van der Waals surface area contributed by atoms with E-state index in [4.69, 9.17) is 4.74 Å². The van der Waals surface area contributed by atoms with Gasteiger partial charge in [0.1, 0.15) is 12.4 Å². The minimum Gasteiger partial charge on any atom is -0.478 e. The summed E-state index contributed by atoms with van der Waals surface area (Å²) in [7, 11) is 0. The fourth-order valence-electron chi connectivity index (χ4n) is 2.71. The van der Waals surface area contributed by atoms with Crippen LogP contribution < -0.4 is 4.74 Å². The minimum atomic E-state index is -1.02. The fraction of sp³-hybridized carbons (Fsp3) is 0.0588. The van der Waals surface area contributed by atoms with Crippen LogP contribution in [0.3, 0.4) is 0 Å². The zero-order valence-corrected chi connectivity index (χ0v) is 11.9. The zero-order chi connectivity index (χ0) is 16.0. The summed E-state index contributed by atoms with van der Waals surface area (Å²) in [4.78, 5) is 11.3. The van der Waals surface area contributed by atoms with Crippen molar-refractivity contribution in [2.45, 2.75) is 6.61 Å². The minimum absolute atomic E-state index is 0.139. The molecule has 2 heterocycles. The molecule has 0 bridgehead atoms. The molecule has 0 radical (unpaired) electrons. The van der Waals surface area contributed by atoms with Crippen LogP contribution in [0.15, 0.2) is 48.5 Å². The van der Waals surface area contributed by atoms with Gasteiger partial charge in [0.15, 0.2) is 0 Å². The van der Waals surface area contributed by atoms with Crippen LogP contribution in [0.1, 0.15) is 15.9 Å². The summed E-state index contributed by atoms with van der Waals surface area (Å²) >= 11 is 0. The summed E-state index contributed by atoms with van der Waals surface area (Å²) in [6, 6.07) is 12.9. The lowest BCUT2D eigenvalue weighted by Crippen LogP contribution is -2.16. The molecule has 3 aromatic rings. The Balaban J connectivity index is 1.89. The Morgan fingerprint density at radius 2 is 2.04 bits per heavy atom. The Morgan fingerprint density at radius 3 is 2.83 bits per heavy atom. The number of fused-ring (bicyclic) bond motifs is 3. The molecule has 0 amide bonds. The van der Waals surface area contributed by atoms with E-state index in [2.05, 4.69) is 5.10 Å². The standard InChI is InChI=1S/C17H11FN2O3/c18-13-6-2-1-4-11(13)14-8-16-20(19-14)15-7-3-5-10(17(21)22)12(15)9-23-16/h1-8H,9H2,(H,21,22). The van der Waals surface area contributed by atoms with Gasteiger partial charge in [-0.15, -0.1) is 0 Å². The predicted octanol–water partition coefficient (Wildman–Crippen LogP) is 3.27. The number of benzene rings is 2. The smallest absolute Gasteiger partial charge is 0.336 e. The number of carboxylic acid groups (broad SMARTS) is 1. The molecule has 23 heavy (non-hydrogen) atoms. The Bertz CT molecular complexity index is 933. The van der Waals surface area contributed by atoms with E-state index in [1.807, 2.05) is 0 Å². The first-order chi connectivity index (χ1) is 11.1. The van der Waals surface area contributed by atoms with E-state index in [1.165, 1.54) is 16.8 Å². The highest BCUT2D eigenvalue weighted by Gasteiger charge is 2.24. The second-order valence-corrected chi connectivity index (χ2v) is 5.16. The molecule has 5 nitrogen and oxygen atoms in total. The monoisotopic (exact) mass is 310 g/mol. The first-order valence-electron chi connectivity index (χ1n) is 6.98. The lowest BCUT2D eigenvalue weighted by Gasteiger charge is -2.20. The second kappa shape index (κ2) is 4.95. The van der Waals surface area contributed by atoms with Gasteiger partial charge in [-0.25, -0.2) is 13.9 Å². The molecular weight excluding hydrogens is 299 g/mol. The number of hydrogen-bond acceptors (Lipinski definition) is 3. The van der Waals surface area contributed by atoms with Crippen molar-refractivity contribution in [3.05, 3.63) is 65.5 Å². The number of carboxylic acids is 1. The van der Waals surface area contributed by atoms with E-state index in [9.17, 15) is 14.3 Å². The Labute approximate surface area is 130 Å². The van der Waals surface area contributed by atoms with E-state index in [1.54, 1.807) is 36.4 Å². The van der Waals surface area contributed by atoms with Gasteiger partial charge < -0.3 is 9.84 Å².